The van der Waals surface area contributed by atoms with E-state index in [1.165, 1.54) is 0 Å². The monoisotopic (exact) mass is 278 g/mol. The zero-order chi connectivity index (χ0) is 10.6. The fourth-order valence-electron chi connectivity index (χ4n) is 1.17. The first-order valence-electron chi connectivity index (χ1n) is 4.36. The van der Waals surface area contributed by atoms with Crippen molar-refractivity contribution >= 4 is 33.3 Å². The average molecular weight is 280 g/mol. The lowest BCUT2D eigenvalue weighted by Gasteiger charge is -2.21. The molecule has 0 aromatic carbocycles. The van der Waals surface area contributed by atoms with Gasteiger partial charge in [-0.1, -0.05) is 11.6 Å². The van der Waals surface area contributed by atoms with E-state index in [0.717, 1.165) is 11.0 Å². The molecule has 0 saturated carbocycles. The number of likely N-dealkylation sites (N-methyl/N-ethyl adjacent to an activating group) is 1. The van der Waals surface area contributed by atoms with Crippen molar-refractivity contribution in [1.82, 2.24) is 4.98 Å². The summed E-state index contributed by atoms with van der Waals surface area (Å²) in [4.78, 5) is 6.13. The first kappa shape index (κ1) is 11.8. The van der Waals surface area contributed by atoms with Gasteiger partial charge in [0.1, 0.15) is 5.82 Å². The van der Waals surface area contributed by atoms with Crippen LogP contribution in [0.2, 0.25) is 5.02 Å². The van der Waals surface area contributed by atoms with Gasteiger partial charge in [0.05, 0.1) is 11.6 Å². The Bertz CT molecular complexity index is 309. The van der Waals surface area contributed by atoms with Gasteiger partial charge in [-0.15, -0.1) is 0 Å². The second kappa shape index (κ2) is 5.53. The van der Waals surface area contributed by atoms with Crippen LogP contribution in [0.4, 0.5) is 5.82 Å². The van der Waals surface area contributed by atoms with Gasteiger partial charge < -0.3 is 10.0 Å². The second-order valence-corrected chi connectivity index (χ2v) is 4.09. The number of aromatic nitrogens is 1. The van der Waals surface area contributed by atoms with Gasteiger partial charge in [0.25, 0.3) is 0 Å². The van der Waals surface area contributed by atoms with Crippen molar-refractivity contribution in [2.45, 2.75) is 6.92 Å². The van der Waals surface area contributed by atoms with Gasteiger partial charge in [-0.25, -0.2) is 4.98 Å². The minimum atomic E-state index is 0.0991. The van der Waals surface area contributed by atoms with E-state index < -0.39 is 0 Å². The Labute approximate surface area is 96.8 Å². The highest BCUT2D eigenvalue weighted by atomic mass is 79.9. The summed E-state index contributed by atoms with van der Waals surface area (Å²) in [7, 11) is 0. The molecule has 0 aliphatic carbocycles. The van der Waals surface area contributed by atoms with Crippen molar-refractivity contribution in [1.29, 1.82) is 0 Å². The number of nitrogens with zero attached hydrogens (tertiary/aromatic N) is 2. The average Bonchev–Trinajstić information content (AvgIpc) is 2.15. The van der Waals surface area contributed by atoms with Crippen molar-refractivity contribution in [3.05, 3.63) is 21.8 Å². The standard InChI is InChI=1S/C9H12BrClN2O/c1-2-13(3-4-14)9-8(11)5-7(10)6-12-9/h5-6,14H,2-4H2,1H3. The first-order chi connectivity index (χ1) is 6.69. The molecule has 0 radical (unpaired) electrons. The van der Waals surface area contributed by atoms with Gasteiger partial charge in [-0.05, 0) is 28.9 Å². The molecule has 78 valence electrons. The molecule has 1 aromatic rings. The maximum absolute atomic E-state index is 8.85. The molecule has 0 fully saturated rings. The Morgan fingerprint density at radius 2 is 2.36 bits per heavy atom. The van der Waals surface area contributed by atoms with Crippen LogP contribution in [0.1, 0.15) is 6.92 Å². The lowest BCUT2D eigenvalue weighted by Crippen LogP contribution is -2.27. The normalized spacial score (nSPS) is 10.3. The van der Waals surface area contributed by atoms with Crippen LogP contribution in [0.5, 0.6) is 0 Å². The summed E-state index contributed by atoms with van der Waals surface area (Å²) in [5.41, 5.74) is 0. The maximum Gasteiger partial charge on any atom is 0.147 e. The third-order valence-corrected chi connectivity index (χ3v) is 2.55. The molecule has 0 aliphatic heterocycles. The molecule has 0 saturated heterocycles. The van der Waals surface area contributed by atoms with Crippen molar-refractivity contribution in [2.24, 2.45) is 0 Å². The highest BCUT2D eigenvalue weighted by Crippen LogP contribution is 2.25. The van der Waals surface area contributed by atoms with Crippen LogP contribution in [0, 0.1) is 0 Å². The lowest BCUT2D eigenvalue weighted by molar-refractivity contribution is 0.302. The molecule has 0 amide bonds. The Balaban J connectivity index is 2.92. The van der Waals surface area contributed by atoms with Gasteiger partial charge in [0.2, 0.25) is 0 Å². The van der Waals surface area contributed by atoms with Crippen LogP contribution in [-0.4, -0.2) is 29.8 Å². The molecule has 0 spiro atoms. The number of halogens is 2. The van der Waals surface area contributed by atoms with Crippen LogP contribution in [0.15, 0.2) is 16.7 Å². The van der Waals surface area contributed by atoms with Crippen molar-refractivity contribution in [3.63, 3.8) is 0 Å². The van der Waals surface area contributed by atoms with E-state index in [1.54, 1.807) is 12.3 Å². The molecule has 5 heteroatoms. The minimum absolute atomic E-state index is 0.0991. The lowest BCUT2D eigenvalue weighted by atomic mass is 10.4. The molecule has 1 heterocycles. The predicted molar refractivity (Wildman–Crippen MR) is 61.9 cm³/mol. The number of anilines is 1. The molecular weight excluding hydrogens is 267 g/mol. The topological polar surface area (TPSA) is 36.4 Å². The fourth-order valence-corrected chi connectivity index (χ4v) is 1.92. The molecule has 0 aliphatic rings. The molecule has 1 rings (SSSR count). The van der Waals surface area contributed by atoms with E-state index in [-0.39, 0.29) is 6.61 Å². The summed E-state index contributed by atoms with van der Waals surface area (Å²) in [6.07, 6.45) is 1.70. The number of pyridine rings is 1. The van der Waals surface area contributed by atoms with E-state index >= 15 is 0 Å². The zero-order valence-corrected chi connectivity index (χ0v) is 10.2. The molecular formula is C9H12BrClN2O. The summed E-state index contributed by atoms with van der Waals surface area (Å²) in [5.74, 6) is 0.714. The quantitative estimate of drug-likeness (QED) is 0.919. The summed E-state index contributed by atoms with van der Waals surface area (Å²) < 4.78 is 0.853. The van der Waals surface area contributed by atoms with Crippen molar-refractivity contribution in [3.8, 4) is 0 Å². The first-order valence-corrected chi connectivity index (χ1v) is 5.53. The molecule has 0 unspecified atom stereocenters. The van der Waals surface area contributed by atoms with Crippen LogP contribution >= 0.6 is 27.5 Å². The van der Waals surface area contributed by atoms with E-state index in [9.17, 15) is 0 Å². The number of rotatable bonds is 4. The van der Waals surface area contributed by atoms with Crippen LogP contribution in [0.3, 0.4) is 0 Å². The van der Waals surface area contributed by atoms with E-state index in [0.29, 0.717) is 17.4 Å². The van der Waals surface area contributed by atoms with E-state index in [1.807, 2.05) is 11.8 Å². The molecule has 14 heavy (non-hydrogen) atoms. The van der Waals surface area contributed by atoms with Gasteiger partial charge in [0.15, 0.2) is 0 Å². The number of aliphatic hydroxyl groups excluding tert-OH is 1. The summed E-state index contributed by atoms with van der Waals surface area (Å²) in [5, 5.41) is 9.45. The Kier molecular flexibility index (Phi) is 4.65. The highest BCUT2D eigenvalue weighted by molar-refractivity contribution is 9.10. The van der Waals surface area contributed by atoms with Gasteiger partial charge in [0, 0.05) is 23.8 Å². The Morgan fingerprint density at radius 1 is 1.64 bits per heavy atom. The maximum atomic E-state index is 8.85. The SMILES string of the molecule is CCN(CCO)c1ncc(Br)cc1Cl. The molecule has 0 atom stereocenters. The molecule has 0 bridgehead atoms. The van der Waals surface area contributed by atoms with Crippen LogP contribution in [0.25, 0.3) is 0 Å². The van der Waals surface area contributed by atoms with Gasteiger partial charge in [-0.2, -0.15) is 0 Å². The van der Waals surface area contributed by atoms with Crippen LogP contribution < -0.4 is 4.90 Å². The van der Waals surface area contributed by atoms with Crippen LogP contribution in [-0.2, 0) is 0 Å². The molecule has 1 aromatic heterocycles. The van der Waals surface area contributed by atoms with Crippen molar-refractivity contribution < 1.29 is 5.11 Å². The van der Waals surface area contributed by atoms with E-state index in [2.05, 4.69) is 20.9 Å². The number of hydrogen-bond acceptors (Lipinski definition) is 3. The molecule has 1 N–H and O–H groups in total. The zero-order valence-electron chi connectivity index (χ0n) is 7.87. The largest absolute Gasteiger partial charge is 0.395 e. The predicted octanol–water partition coefficient (Wildman–Crippen LogP) is 2.32. The van der Waals surface area contributed by atoms with E-state index in [4.69, 9.17) is 16.7 Å². The van der Waals surface area contributed by atoms with Gasteiger partial charge in [-0.3, -0.25) is 0 Å². The third-order valence-electron chi connectivity index (χ3n) is 1.84. The summed E-state index contributed by atoms with van der Waals surface area (Å²) in [6, 6.07) is 1.80. The second-order valence-electron chi connectivity index (χ2n) is 2.76. The fraction of sp³-hybridized carbons (Fsp3) is 0.444. The summed E-state index contributed by atoms with van der Waals surface area (Å²) in [6.45, 7) is 3.41. The third kappa shape index (κ3) is 2.83. The summed E-state index contributed by atoms with van der Waals surface area (Å²) >= 11 is 9.31. The van der Waals surface area contributed by atoms with Gasteiger partial charge >= 0.3 is 0 Å². The number of aliphatic hydroxyl groups is 1. The van der Waals surface area contributed by atoms with Crippen molar-refractivity contribution in [2.75, 3.05) is 24.6 Å². The highest BCUT2D eigenvalue weighted by Gasteiger charge is 2.09. The molecule has 3 nitrogen and oxygen atoms in total. The minimum Gasteiger partial charge on any atom is -0.395 e. The Morgan fingerprint density at radius 3 is 2.86 bits per heavy atom. The Hall–Kier alpha value is -0.320. The number of hydrogen-bond donors (Lipinski definition) is 1. The smallest absolute Gasteiger partial charge is 0.147 e.